The molecule has 0 fully saturated rings. The predicted molar refractivity (Wildman–Crippen MR) is 124 cm³/mol. The van der Waals surface area contributed by atoms with E-state index in [9.17, 15) is 9.59 Å². The highest BCUT2D eigenvalue weighted by atomic mass is 16.5. The molecule has 33 heavy (non-hydrogen) atoms. The molecule has 0 aliphatic rings. The Bertz CT molecular complexity index is 1160. The molecule has 1 amide bonds. The third-order valence-electron chi connectivity index (χ3n) is 4.97. The van der Waals surface area contributed by atoms with Gasteiger partial charge in [0.25, 0.3) is 0 Å². The van der Waals surface area contributed by atoms with E-state index in [0.717, 1.165) is 5.56 Å². The zero-order valence-electron chi connectivity index (χ0n) is 19.4. The summed E-state index contributed by atoms with van der Waals surface area (Å²) in [5.41, 5.74) is 2.73. The summed E-state index contributed by atoms with van der Waals surface area (Å²) in [6.45, 7) is 2.79. The standard InChI is InChI=1S/C23H28N4O6/c1-6-33-18-9-14(7-8-17(18)31-4)11-24-15-10-16-20(26-19(28)13-30-3)21(23(29)32-5)27(2)22(16)25-12-15/h7-10,12,24H,6,11,13H2,1-5H3,(H,26,28). The Morgan fingerprint density at radius 3 is 2.58 bits per heavy atom. The van der Waals surface area contributed by atoms with Crippen LogP contribution in [-0.2, 0) is 27.9 Å². The molecule has 0 aliphatic carbocycles. The van der Waals surface area contributed by atoms with Gasteiger partial charge >= 0.3 is 5.97 Å². The molecule has 3 aromatic rings. The number of ether oxygens (including phenoxy) is 4. The van der Waals surface area contributed by atoms with Gasteiger partial charge in [0.05, 0.1) is 38.4 Å². The smallest absolute Gasteiger partial charge is 0.356 e. The van der Waals surface area contributed by atoms with E-state index < -0.39 is 11.9 Å². The van der Waals surface area contributed by atoms with Crippen molar-refractivity contribution < 1.29 is 28.5 Å². The number of nitrogens with zero attached hydrogens (tertiary/aromatic N) is 2. The number of fused-ring (bicyclic) bond motifs is 1. The third kappa shape index (κ3) is 5.17. The van der Waals surface area contributed by atoms with Crippen LogP contribution < -0.4 is 20.1 Å². The van der Waals surface area contributed by atoms with Gasteiger partial charge in [-0.05, 0) is 30.7 Å². The molecule has 10 heteroatoms. The number of hydrogen-bond acceptors (Lipinski definition) is 8. The Hall–Kier alpha value is -3.79. The van der Waals surface area contributed by atoms with E-state index in [2.05, 4.69) is 15.6 Å². The minimum absolute atomic E-state index is 0.151. The van der Waals surface area contributed by atoms with Crippen molar-refractivity contribution in [2.45, 2.75) is 13.5 Å². The van der Waals surface area contributed by atoms with Crippen LogP contribution in [0.4, 0.5) is 11.4 Å². The summed E-state index contributed by atoms with van der Waals surface area (Å²) in [5, 5.41) is 6.65. The number of rotatable bonds is 10. The van der Waals surface area contributed by atoms with E-state index in [0.29, 0.717) is 47.1 Å². The lowest BCUT2D eigenvalue weighted by atomic mass is 10.2. The molecule has 0 unspecified atom stereocenters. The van der Waals surface area contributed by atoms with Crippen LogP contribution in [0.25, 0.3) is 11.0 Å². The molecular formula is C23H28N4O6. The first-order valence-corrected chi connectivity index (χ1v) is 10.3. The first-order valence-electron chi connectivity index (χ1n) is 10.3. The molecule has 3 rings (SSSR count). The van der Waals surface area contributed by atoms with Gasteiger partial charge in [0.2, 0.25) is 5.91 Å². The number of methoxy groups -OCH3 is 3. The fourth-order valence-electron chi connectivity index (χ4n) is 3.48. The lowest BCUT2D eigenvalue weighted by Crippen LogP contribution is -2.19. The number of pyridine rings is 1. The van der Waals surface area contributed by atoms with Crippen molar-refractivity contribution in [3.63, 3.8) is 0 Å². The number of aromatic nitrogens is 2. The van der Waals surface area contributed by atoms with Gasteiger partial charge in [0, 0.05) is 26.1 Å². The number of anilines is 2. The second-order valence-electron chi connectivity index (χ2n) is 7.12. The van der Waals surface area contributed by atoms with E-state index in [1.807, 2.05) is 31.2 Å². The average Bonchev–Trinajstić information content (AvgIpc) is 3.08. The van der Waals surface area contributed by atoms with E-state index >= 15 is 0 Å². The first-order chi connectivity index (χ1) is 15.9. The van der Waals surface area contributed by atoms with Crippen molar-refractivity contribution in [1.82, 2.24) is 9.55 Å². The summed E-state index contributed by atoms with van der Waals surface area (Å²) in [5.74, 6) is 0.358. The predicted octanol–water partition coefficient (Wildman–Crippen LogP) is 2.96. The van der Waals surface area contributed by atoms with Crippen LogP contribution in [0.15, 0.2) is 30.5 Å². The number of nitrogens with one attached hydrogen (secondary N) is 2. The van der Waals surface area contributed by atoms with E-state index in [-0.39, 0.29) is 12.3 Å². The molecule has 2 heterocycles. The van der Waals surface area contributed by atoms with Gasteiger partial charge in [-0.1, -0.05) is 6.07 Å². The molecule has 0 spiro atoms. The van der Waals surface area contributed by atoms with Gasteiger partial charge in [-0.25, -0.2) is 9.78 Å². The van der Waals surface area contributed by atoms with Crippen LogP contribution in [0.2, 0.25) is 0 Å². The van der Waals surface area contributed by atoms with Crippen LogP contribution in [-0.4, -0.2) is 56.0 Å². The van der Waals surface area contributed by atoms with Crippen LogP contribution in [0.5, 0.6) is 11.5 Å². The maximum Gasteiger partial charge on any atom is 0.356 e. The molecule has 176 valence electrons. The summed E-state index contributed by atoms with van der Waals surface area (Å²) in [6, 6.07) is 7.53. The van der Waals surface area contributed by atoms with Gasteiger partial charge in [0.15, 0.2) is 17.2 Å². The monoisotopic (exact) mass is 456 g/mol. The van der Waals surface area contributed by atoms with Crippen LogP contribution >= 0.6 is 0 Å². The Labute approximate surface area is 191 Å². The fourth-order valence-corrected chi connectivity index (χ4v) is 3.48. The van der Waals surface area contributed by atoms with Crippen LogP contribution in [0.1, 0.15) is 23.0 Å². The zero-order valence-corrected chi connectivity index (χ0v) is 19.4. The van der Waals surface area contributed by atoms with Gasteiger partial charge in [-0.3, -0.25) is 4.79 Å². The highest BCUT2D eigenvalue weighted by Crippen LogP contribution is 2.32. The molecule has 0 saturated carbocycles. The van der Waals surface area contributed by atoms with Gasteiger partial charge in [0.1, 0.15) is 12.3 Å². The molecule has 1 aromatic carbocycles. The lowest BCUT2D eigenvalue weighted by Gasteiger charge is -2.12. The Morgan fingerprint density at radius 1 is 1.12 bits per heavy atom. The van der Waals surface area contributed by atoms with Crippen molar-refractivity contribution in [2.75, 3.05) is 45.2 Å². The van der Waals surface area contributed by atoms with Crippen LogP contribution in [0.3, 0.4) is 0 Å². The Balaban J connectivity index is 1.93. The van der Waals surface area contributed by atoms with Gasteiger partial charge in [-0.2, -0.15) is 0 Å². The van der Waals surface area contributed by atoms with Crippen LogP contribution in [0, 0.1) is 0 Å². The minimum Gasteiger partial charge on any atom is -0.493 e. The molecule has 0 aliphatic heterocycles. The summed E-state index contributed by atoms with van der Waals surface area (Å²) < 4.78 is 22.4. The van der Waals surface area contributed by atoms with Crippen molar-refractivity contribution >= 4 is 34.3 Å². The summed E-state index contributed by atoms with van der Waals surface area (Å²) in [4.78, 5) is 29.1. The average molecular weight is 456 g/mol. The first kappa shape index (κ1) is 23.9. The maximum atomic E-state index is 12.4. The molecule has 2 aromatic heterocycles. The summed E-state index contributed by atoms with van der Waals surface area (Å²) in [6.07, 6.45) is 1.66. The quantitative estimate of drug-likeness (QED) is 0.448. The molecular weight excluding hydrogens is 428 g/mol. The second-order valence-corrected chi connectivity index (χ2v) is 7.12. The Morgan fingerprint density at radius 2 is 1.91 bits per heavy atom. The molecule has 2 N–H and O–H groups in total. The second kappa shape index (κ2) is 10.7. The van der Waals surface area contributed by atoms with Crippen molar-refractivity contribution in [3.05, 3.63) is 41.7 Å². The number of amides is 1. The van der Waals surface area contributed by atoms with Crippen molar-refractivity contribution in [2.24, 2.45) is 7.05 Å². The molecule has 0 bridgehead atoms. The number of carbonyl (C=O) groups excluding carboxylic acids is 2. The summed E-state index contributed by atoms with van der Waals surface area (Å²) >= 11 is 0. The third-order valence-corrected chi connectivity index (χ3v) is 4.97. The Kier molecular flexibility index (Phi) is 7.73. The number of benzene rings is 1. The number of carbonyl (C=O) groups is 2. The lowest BCUT2D eigenvalue weighted by molar-refractivity contribution is -0.119. The molecule has 10 nitrogen and oxygen atoms in total. The zero-order chi connectivity index (χ0) is 24.0. The van der Waals surface area contributed by atoms with Crippen molar-refractivity contribution in [1.29, 1.82) is 0 Å². The number of aryl methyl sites for hydroxylation is 1. The minimum atomic E-state index is -0.584. The molecule has 0 saturated heterocycles. The van der Waals surface area contributed by atoms with E-state index in [1.165, 1.54) is 14.2 Å². The fraction of sp³-hybridized carbons (Fsp3) is 0.348. The topological polar surface area (TPSA) is 113 Å². The largest absolute Gasteiger partial charge is 0.493 e. The van der Waals surface area contributed by atoms with E-state index in [4.69, 9.17) is 18.9 Å². The molecule has 0 atom stereocenters. The van der Waals surface area contributed by atoms with Gasteiger partial charge < -0.3 is 34.1 Å². The van der Waals surface area contributed by atoms with Gasteiger partial charge in [-0.15, -0.1) is 0 Å². The summed E-state index contributed by atoms with van der Waals surface area (Å²) in [7, 11) is 5.99. The molecule has 0 radical (unpaired) electrons. The maximum absolute atomic E-state index is 12.4. The highest BCUT2D eigenvalue weighted by Gasteiger charge is 2.24. The normalized spacial score (nSPS) is 10.7. The number of esters is 1. The SMILES string of the molecule is CCOc1cc(CNc2cnc3c(c2)c(NC(=O)COC)c(C(=O)OC)n3C)ccc1OC. The van der Waals surface area contributed by atoms with E-state index in [1.54, 1.807) is 24.9 Å². The number of hydrogen-bond donors (Lipinski definition) is 2. The van der Waals surface area contributed by atoms with Crippen molar-refractivity contribution in [3.8, 4) is 11.5 Å². The highest BCUT2D eigenvalue weighted by molar-refractivity contribution is 6.11.